The lowest BCUT2D eigenvalue weighted by atomic mass is 9.73. The average Bonchev–Trinajstić information content (AvgIpc) is 2.68. The Bertz CT molecular complexity index is 685. The summed E-state index contributed by atoms with van der Waals surface area (Å²) in [5.74, 6) is -0.242. The van der Waals surface area contributed by atoms with Crippen LogP contribution in [0.3, 0.4) is 0 Å². The lowest BCUT2D eigenvalue weighted by molar-refractivity contribution is -0.274. The summed E-state index contributed by atoms with van der Waals surface area (Å²) < 4.78 is 47.3. The Labute approximate surface area is 169 Å². The Morgan fingerprint density at radius 2 is 1.86 bits per heavy atom. The minimum Gasteiger partial charge on any atom is -0.404 e. The van der Waals surface area contributed by atoms with E-state index in [9.17, 15) is 13.2 Å². The second-order valence-electron chi connectivity index (χ2n) is 7.82. The molecule has 1 aliphatic heterocycles. The number of nitrogens with zero attached hydrogens (tertiary/aromatic N) is 2. The number of rotatable bonds is 6. The van der Waals surface area contributed by atoms with E-state index in [0.29, 0.717) is 6.54 Å². The van der Waals surface area contributed by atoms with Gasteiger partial charge in [0.25, 0.3) is 0 Å². The fourth-order valence-corrected chi connectivity index (χ4v) is 4.12. The number of guanidine groups is 1. The van der Waals surface area contributed by atoms with Crippen LogP contribution in [0.4, 0.5) is 18.9 Å². The molecule has 1 aliphatic carbocycles. The Hall–Kier alpha value is -2.00. The largest absolute Gasteiger partial charge is 0.573 e. The minimum atomic E-state index is -4.77. The number of aliphatic imine (C=N–C) groups is 1. The van der Waals surface area contributed by atoms with Crippen molar-refractivity contribution in [3.05, 3.63) is 24.3 Å². The van der Waals surface area contributed by atoms with Crippen molar-refractivity contribution in [2.75, 3.05) is 44.7 Å². The van der Waals surface area contributed by atoms with Crippen LogP contribution in [0.1, 0.15) is 32.1 Å². The molecule has 162 valence electrons. The maximum absolute atomic E-state index is 12.6. The summed E-state index contributed by atoms with van der Waals surface area (Å²) >= 11 is 0. The molecule has 6 nitrogen and oxygen atoms in total. The van der Waals surface area contributed by atoms with Crippen LogP contribution < -0.4 is 15.8 Å². The lowest BCUT2D eigenvalue weighted by Gasteiger charge is -2.41. The molecule has 0 bridgehead atoms. The number of nitrogens with two attached hydrogens (primary N) is 1. The van der Waals surface area contributed by atoms with E-state index >= 15 is 0 Å². The highest BCUT2D eigenvalue weighted by Gasteiger charge is 2.35. The van der Waals surface area contributed by atoms with Crippen LogP contribution in [-0.4, -0.2) is 56.6 Å². The van der Waals surface area contributed by atoms with E-state index in [1.54, 1.807) is 6.07 Å². The van der Waals surface area contributed by atoms with Crippen LogP contribution in [0.5, 0.6) is 5.75 Å². The second kappa shape index (κ2) is 9.67. The molecule has 0 radical (unpaired) electrons. The first-order chi connectivity index (χ1) is 13.9. The molecule has 0 aromatic heterocycles. The third kappa shape index (κ3) is 6.78. The maximum Gasteiger partial charge on any atom is 0.573 e. The predicted octanol–water partition coefficient (Wildman–Crippen LogP) is 3.59. The van der Waals surface area contributed by atoms with E-state index in [2.05, 4.69) is 19.9 Å². The fourth-order valence-electron chi connectivity index (χ4n) is 4.12. The molecule has 0 amide bonds. The van der Waals surface area contributed by atoms with Gasteiger partial charge in [-0.05, 0) is 25.0 Å². The zero-order chi connectivity index (χ0) is 20.7. The van der Waals surface area contributed by atoms with E-state index in [-0.39, 0.29) is 22.8 Å². The van der Waals surface area contributed by atoms with Crippen molar-refractivity contribution in [3.8, 4) is 5.75 Å². The molecule has 2 fully saturated rings. The van der Waals surface area contributed by atoms with Gasteiger partial charge >= 0.3 is 6.36 Å². The highest BCUT2D eigenvalue weighted by Crippen LogP contribution is 2.38. The van der Waals surface area contributed by atoms with Crippen LogP contribution in [0.15, 0.2) is 29.3 Å². The Morgan fingerprint density at radius 1 is 1.17 bits per heavy atom. The van der Waals surface area contributed by atoms with Gasteiger partial charge in [-0.3, -0.25) is 9.89 Å². The zero-order valence-corrected chi connectivity index (χ0v) is 16.5. The van der Waals surface area contributed by atoms with Crippen LogP contribution in [0.2, 0.25) is 0 Å². The highest BCUT2D eigenvalue weighted by molar-refractivity contribution is 5.93. The molecule has 1 heterocycles. The van der Waals surface area contributed by atoms with Crippen molar-refractivity contribution >= 4 is 11.6 Å². The van der Waals surface area contributed by atoms with Crippen LogP contribution in [0.25, 0.3) is 0 Å². The average molecular weight is 414 g/mol. The Balaban J connectivity index is 1.66. The summed E-state index contributed by atoms with van der Waals surface area (Å²) in [6, 6.07) is 5.80. The molecule has 0 spiro atoms. The van der Waals surface area contributed by atoms with Crippen LogP contribution in [0, 0.1) is 5.41 Å². The van der Waals surface area contributed by atoms with Gasteiger partial charge in [0, 0.05) is 31.6 Å². The van der Waals surface area contributed by atoms with Gasteiger partial charge in [0.15, 0.2) is 11.7 Å². The van der Waals surface area contributed by atoms with E-state index in [4.69, 9.17) is 10.5 Å². The number of hydrogen-bond acceptors (Lipinski definition) is 4. The summed E-state index contributed by atoms with van der Waals surface area (Å²) in [6.45, 7) is 4.83. The van der Waals surface area contributed by atoms with E-state index in [0.717, 1.165) is 58.5 Å². The summed E-state index contributed by atoms with van der Waals surface area (Å²) in [7, 11) is 0. The maximum atomic E-state index is 12.6. The minimum absolute atomic E-state index is 0.0455. The number of para-hydroxylation sites is 2. The van der Waals surface area contributed by atoms with Gasteiger partial charge in [0.05, 0.1) is 18.9 Å². The number of anilines is 1. The number of halogens is 3. The molecule has 2 aliphatic rings. The lowest BCUT2D eigenvalue weighted by Crippen LogP contribution is -2.46. The molecule has 0 atom stereocenters. The Morgan fingerprint density at radius 3 is 2.55 bits per heavy atom. The van der Waals surface area contributed by atoms with Crippen molar-refractivity contribution in [2.24, 2.45) is 16.1 Å². The molecule has 3 rings (SSSR count). The van der Waals surface area contributed by atoms with E-state index < -0.39 is 6.36 Å². The SMILES string of the molecule is NC(=NCC1(CN2CCOCC2)CCCCC1)Nc1ccccc1OC(F)(F)F. The number of ether oxygens (including phenoxy) is 2. The Kier molecular flexibility index (Phi) is 7.23. The van der Waals surface area contributed by atoms with Gasteiger partial charge in [-0.2, -0.15) is 0 Å². The van der Waals surface area contributed by atoms with Crippen molar-refractivity contribution in [2.45, 2.75) is 38.5 Å². The standard InChI is InChI=1S/C20H29F3N4O2/c21-20(22,23)29-17-7-3-2-6-16(17)26-18(24)25-14-19(8-4-1-5-9-19)15-27-10-12-28-13-11-27/h2-3,6-7H,1,4-5,8-15H2,(H3,24,25,26). The second-order valence-corrected chi connectivity index (χ2v) is 7.82. The fraction of sp³-hybridized carbons (Fsp3) is 0.650. The van der Waals surface area contributed by atoms with Gasteiger partial charge in [-0.1, -0.05) is 31.4 Å². The van der Waals surface area contributed by atoms with Gasteiger partial charge in [0.2, 0.25) is 0 Å². The summed E-state index contributed by atoms with van der Waals surface area (Å²) in [5, 5.41) is 2.76. The molecular weight excluding hydrogens is 385 g/mol. The molecule has 1 aromatic rings. The molecule has 3 N–H and O–H groups in total. The van der Waals surface area contributed by atoms with Crippen LogP contribution >= 0.6 is 0 Å². The van der Waals surface area contributed by atoms with E-state index in [1.807, 2.05) is 0 Å². The zero-order valence-electron chi connectivity index (χ0n) is 16.5. The molecule has 0 unspecified atom stereocenters. The highest BCUT2D eigenvalue weighted by atomic mass is 19.4. The molecule has 9 heteroatoms. The first-order valence-corrected chi connectivity index (χ1v) is 10.1. The number of nitrogens with one attached hydrogen (secondary N) is 1. The van der Waals surface area contributed by atoms with Crippen molar-refractivity contribution in [3.63, 3.8) is 0 Å². The molecular formula is C20H29F3N4O2. The molecule has 1 saturated heterocycles. The number of alkyl halides is 3. The summed E-state index contributed by atoms with van der Waals surface area (Å²) in [6.07, 6.45) is 0.938. The number of morpholine rings is 1. The van der Waals surface area contributed by atoms with Gasteiger partial charge in [-0.15, -0.1) is 13.2 Å². The van der Waals surface area contributed by atoms with Crippen molar-refractivity contribution in [1.82, 2.24) is 4.90 Å². The van der Waals surface area contributed by atoms with Crippen molar-refractivity contribution in [1.29, 1.82) is 0 Å². The summed E-state index contributed by atoms with van der Waals surface area (Å²) in [5.41, 5.74) is 6.20. The topological polar surface area (TPSA) is 72.1 Å². The van der Waals surface area contributed by atoms with Crippen LogP contribution in [-0.2, 0) is 4.74 Å². The summed E-state index contributed by atoms with van der Waals surface area (Å²) in [4.78, 5) is 6.92. The molecule has 29 heavy (non-hydrogen) atoms. The first-order valence-electron chi connectivity index (χ1n) is 10.1. The number of benzene rings is 1. The predicted molar refractivity (Wildman–Crippen MR) is 106 cm³/mol. The molecule has 1 saturated carbocycles. The normalized spacial score (nSPS) is 21.0. The third-order valence-electron chi connectivity index (χ3n) is 5.54. The van der Waals surface area contributed by atoms with Gasteiger partial charge in [-0.25, -0.2) is 0 Å². The smallest absolute Gasteiger partial charge is 0.404 e. The quantitative estimate of drug-likeness (QED) is 0.550. The first kappa shape index (κ1) is 21.7. The van der Waals surface area contributed by atoms with Gasteiger partial charge in [0.1, 0.15) is 0 Å². The monoisotopic (exact) mass is 414 g/mol. The van der Waals surface area contributed by atoms with Gasteiger partial charge < -0.3 is 20.5 Å². The third-order valence-corrected chi connectivity index (χ3v) is 5.54. The molecule has 1 aromatic carbocycles. The number of hydrogen-bond donors (Lipinski definition) is 2. The van der Waals surface area contributed by atoms with Crippen molar-refractivity contribution < 1.29 is 22.6 Å². The van der Waals surface area contributed by atoms with E-state index in [1.165, 1.54) is 24.6 Å².